The van der Waals surface area contributed by atoms with Gasteiger partial charge in [-0.3, -0.25) is 4.98 Å². The highest BCUT2D eigenvalue weighted by Gasteiger charge is 2.54. The number of ether oxygens (including phenoxy) is 1. The van der Waals surface area contributed by atoms with Gasteiger partial charge in [0.2, 0.25) is 5.82 Å². The molecule has 2 bridgehead atoms. The summed E-state index contributed by atoms with van der Waals surface area (Å²) in [7, 11) is 1.53. The maximum atomic E-state index is 14.8. The first-order chi connectivity index (χ1) is 17.2. The molecule has 3 fully saturated rings. The minimum atomic E-state index is -2.18. The van der Waals surface area contributed by atoms with Gasteiger partial charge in [-0.05, 0) is 35.7 Å². The van der Waals surface area contributed by atoms with Crippen LogP contribution in [0.3, 0.4) is 0 Å². The second-order valence-corrected chi connectivity index (χ2v) is 9.81. The minimum Gasteiger partial charge on any atom is -0.497 e. The fourth-order valence-corrected chi connectivity index (χ4v) is 6.22. The molecule has 0 amide bonds. The van der Waals surface area contributed by atoms with Crippen molar-refractivity contribution in [3.8, 4) is 5.75 Å². The van der Waals surface area contributed by atoms with Crippen molar-refractivity contribution >= 4 is 10.9 Å². The fraction of sp³-hybridized carbons (Fsp3) is 0.370. The van der Waals surface area contributed by atoms with Crippen LogP contribution in [-0.4, -0.2) is 40.8 Å². The first-order valence-electron chi connectivity index (χ1n) is 11.8. The summed E-state index contributed by atoms with van der Waals surface area (Å²) in [6.07, 6.45) is 3.49. The number of aliphatic hydroxyl groups is 1. The summed E-state index contributed by atoms with van der Waals surface area (Å²) in [6.45, 7) is 4.27. The summed E-state index contributed by atoms with van der Waals surface area (Å²) in [6, 6.07) is 6.44. The highest BCUT2D eigenvalue weighted by molar-refractivity contribution is 5.83. The number of hydrogen-bond donors (Lipinski definition) is 1. The molecule has 190 valence electrons. The number of piperidine rings is 3. The van der Waals surface area contributed by atoms with Gasteiger partial charge in [0, 0.05) is 30.3 Å². The number of pyridine rings is 1. The number of hydrogen-bond acceptors (Lipinski definition) is 3. The molecule has 6 rings (SSSR count). The molecule has 4 nitrogen and oxygen atoms in total. The van der Waals surface area contributed by atoms with E-state index < -0.39 is 53.3 Å². The van der Waals surface area contributed by atoms with Gasteiger partial charge in [-0.2, -0.15) is 0 Å². The number of methoxy groups -OCH3 is 1. The average Bonchev–Trinajstić information content (AvgIpc) is 2.92. The van der Waals surface area contributed by atoms with E-state index in [-0.39, 0.29) is 16.3 Å². The predicted molar refractivity (Wildman–Crippen MR) is 123 cm³/mol. The third-order valence-corrected chi connectivity index (χ3v) is 8.11. The van der Waals surface area contributed by atoms with Crippen molar-refractivity contribution in [3.63, 3.8) is 0 Å². The number of benzene rings is 2. The number of aromatic nitrogens is 1. The van der Waals surface area contributed by atoms with E-state index in [4.69, 9.17) is 4.74 Å². The second-order valence-electron chi connectivity index (χ2n) is 9.81. The predicted octanol–water partition coefficient (Wildman–Crippen LogP) is 5.58. The maximum absolute atomic E-state index is 14.8. The molecule has 1 N–H and O–H groups in total. The molecule has 4 heterocycles. The van der Waals surface area contributed by atoms with Crippen molar-refractivity contribution in [2.75, 3.05) is 20.2 Å². The lowest BCUT2D eigenvalue weighted by atomic mass is 9.71. The SMILES string of the molecule is C=C[C@H]1C[N@@+]2(Cc3c(F)c(F)c(F)c(F)c3F)CC[C@H]1C[C@H]2C(O)c1ccnc2ccc(OC)cc12. The zero-order valence-electron chi connectivity index (χ0n) is 19.7. The molecule has 9 heteroatoms. The fourth-order valence-electron chi connectivity index (χ4n) is 6.22. The van der Waals surface area contributed by atoms with Gasteiger partial charge in [0.1, 0.15) is 24.4 Å². The number of nitrogens with zero attached hydrogens (tertiary/aromatic N) is 2. The average molecular weight is 506 g/mol. The van der Waals surface area contributed by atoms with E-state index in [0.717, 1.165) is 0 Å². The van der Waals surface area contributed by atoms with Crippen LogP contribution in [0.2, 0.25) is 0 Å². The highest BCUT2D eigenvalue weighted by atomic mass is 19.2. The zero-order valence-corrected chi connectivity index (χ0v) is 19.7. The molecule has 3 aromatic rings. The Morgan fingerprint density at radius 2 is 1.81 bits per heavy atom. The van der Waals surface area contributed by atoms with Gasteiger partial charge in [0.15, 0.2) is 23.3 Å². The van der Waals surface area contributed by atoms with Crippen molar-refractivity contribution in [2.45, 2.75) is 31.5 Å². The summed E-state index contributed by atoms with van der Waals surface area (Å²) in [5.74, 6) is -8.98. The Hall–Kier alpha value is -3.04. The number of aliphatic hydroxyl groups excluding tert-OH is 1. The molecule has 3 aliphatic heterocycles. The van der Waals surface area contributed by atoms with Crippen molar-refractivity contribution in [1.29, 1.82) is 0 Å². The molecule has 0 spiro atoms. The number of quaternary nitrogens is 1. The van der Waals surface area contributed by atoms with Gasteiger partial charge in [0.05, 0.1) is 31.3 Å². The van der Waals surface area contributed by atoms with E-state index in [0.29, 0.717) is 48.1 Å². The van der Waals surface area contributed by atoms with E-state index in [1.165, 1.54) is 7.11 Å². The molecule has 3 saturated heterocycles. The molecule has 1 unspecified atom stereocenters. The third-order valence-electron chi connectivity index (χ3n) is 8.11. The maximum Gasteiger partial charge on any atom is 0.200 e. The van der Waals surface area contributed by atoms with E-state index in [9.17, 15) is 27.1 Å². The van der Waals surface area contributed by atoms with Gasteiger partial charge in [-0.1, -0.05) is 6.08 Å². The Morgan fingerprint density at radius 3 is 2.47 bits per heavy atom. The van der Waals surface area contributed by atoms with Crippen LogP contribution >= 0.6 is 0 Å². The standard InChI is InChI=1S/C27H26F5N2O2/c1-3-14-12-34(13-19-22(28)24(30)26(32)25(31)23(19)29)9-7-15(14)10-21(34)27(35)17-6-8-33-20-5-4-16(36-2)11-18(17)20/h3-6,8,11,14-15,21,27,35H,1,7,9-10,12-13H2,2H3/q+1/t14-,15-,21-,27?,34+/m0/s1. The van der Waals surface area contributed by atoms with Crippen LogP contribution in [0.25, 0.3) is 10.9 Å². The molecular formula is C27H26F5N2O2+. The van der Waals surface area contributed by atoms with Crippen LogP contribution in [-0.2, 0) is 6.54 Å². The van der Waals surface area contributed by atoms with Crippen molar-refractivity contribution in [3.05, 3.63) is 83.3 Å². The quantitative estimate of drug-likeness (QED) is 0.156. The lowest BCUT2D eigenvalue weighted by Gasteiger charge is -2.58. The van der Waals surface area contributed by atoms with Crippen LogP contribution in [0.5, 0.6) is 5.75 Å². The molecule has 3 aliphatic rings. The van der Waals surface area contributed by atoms with Gasteiger partial charge >= 0.3 is 0 Å². The van der Waals surface area contributed by atoms with E-state index in [1.807, 2.05) is 0 Å². The first kappa shape index (κ1) is 24.6. The molecular weight excluding hydrogens is 479 g/mol. The molecule has 0 aliphatic carbocycles. The second kappa shape index (κ2) is 9.12. The van der Waals surface area contributed by atoms with Crippen LogP contribution in [0.15, 0.2) is 43.1 Å². The Labute approximate surface area is 205 Å². The summed E-state index contributed by atoms with van der Waals surface area (Å²) < 4.78 is 76.7. The summed E-state index contributed by atoms with van der Waals surface area (Å²) in [5, 5.41) is 12.4. The lowest BCUT2D eigenvalue weighted by molar-refractivity contribution is -0.985. The van der Waals surface area contributed by atoms with Gasteiger partial charge < -0.3 is 14.3 Å². The molecule has 5 atom stereocenters. The minimum absolute atomic E-state index is 0.00209. The highest BCUT2D eigenvalue weighted by Crippen LogP contribution is 2.48. The van der Waals surface area contributed by atoms with E-state index in [2.05, 4.69) is 11.6 Å². The first-order valence-corrected chi connectivity index (χ1v) is 11.8. The Balaban J connectivity index is 1.62. The molecule has 0 radical (unpaired) electrons. The summed E-state index contributed by atoms with van der Waals surface area (Å²) >= 11 is 0. The molecule has 0 saturated carbocycles. The zero-order chi connectivity index (χ0) is 25.8. The van der Waals surface area contributed by atoms with Crippen LogP contribution in [0.1, 0.15) is 30.1 Å². The third kappa shape index (κ3) is 3.76. The monoisotopic (exact) mass is 505 g/mol. The van der Waals surface area contributed by atoms with Gasteiger partial charge in [-0.15, -0.1) is 6.58 Å². The normalized spacial score (nSPS) is 26.2. The van der Waals surface area contributed by atoms with Crippen LogP contribution < -0.4 is 4.74 Å². The van der Waals surface area contributed by atoms with Crippen molar-refractivity contribution < 1.29 is 36.3 Å². The topological polar surface area (TPSA) is 42.4 Å². The number of halogens is 5. The van der Waals surface area contributed by atoms with Gasteiger partial charge in [0.25, 0.3) is 0 Å². The smallest absolute Gasteiger partial charge is 0.200 e. The van der Waals surface area contributed by atoms with Gasteiger partial charge in [-0.25, -0.2) is 22.0 Å². The van der Waals surface area contributed by atoms with E-state index >= 15 is 0 Å². The van der Waals surface area contributed by atoms with Crippen molar-refractivity contribution in [1.82, 2.24) is 4.98 Å². The van der Waals surface area contributed by atoms with Crippen LogP contribution in [0, 0.1) is 40.9 Å². The van der Waals surface area contributed by atoms with E-state index in [1.54, 1.807) is 36.5 Å². The Morgan fingerprint density at radius 1 is 1.11 bits per heavy atom. The summed E-state index contributed by atoms with van der Waals surface area (Å²) in [4.78, 5) is 4.35. The lowest BCUT2D eigenvalue weighted by Crippen LogP contribution is -2.67. The molecule has 1 aromatic heterocycles. The van der Waals surface area contributed by atoms with Crippen LogP contribution in [0.4, 0.5) is 22.0 Å². The molecule has 36 heavy (non-hydrogen) atoms. The largest absolute Gasteiger partial charge is 0.497 e. The molecule has 2 aromatic carbocycles. The Bertz CT molecular complexity index is 1320. The number of rotatable bonds is 6. The Kier molecular flexibility index (Phi) is 6.24. The number of fused-ring (bicyclic) bond motifs is 4. The summed E-state index contributed by atoms with van der Waals surface area (Å²) in [5.41, 5.74) is 0.355. The van der Waals surface area contributed by atoms with Crippen molar-refractivity contribution in [2.24, 2.45) is 11.8 Å².